The Morgan fingerprint density at radius 2 is 1.81 bits per heavy atom. The lowest BCUT2D eigenvalue weighted by Gasteiger charge is -2.27. The van der Waals surface area contributed by atoms with Gasteiger partial charge in [0, 0.05) is 24.8 Å². The topological polar surface area (TPSA) is 15.3 Å². The molecule has 1 aliphatic heterocycles. The van der Waals surface area contributed by atoms with Crippen LogP contribution in [0.25, 0.3) is 0 Å². The van der Waals surface area contributed by atoms with Crippen LogP contribution in [0.4, 0.5) is 5.69 Å². The fourth-order valence-electron chi connectivity index (χ4n) is 2.75. The molecule has 2 aromatic carbocycles. The number of rotatable bonds is 2. The van der Waals surface area contributed by atoms with Crippen molar-refractivity contribution in [3.8, 4) is 0 Å². The number of anilines is 1. The van der Waals surface area contributed by atoms with Crippen LogP contribution in [-0.4, -0.2) is 19.6 Å². The second-order valence-corrected chi connectivity index (χ2v) is 6.13. The Kier molecular flexibility index (Phi) is 4.69. The van der Waals surface area contributed by atoms with Crippen molar-refractivity contribution < 1.29 is 0 Å². The van der Waals surface area contributed by atoms with Crippen LogP contribution in [0.5, 0.6) is 0 Å². The van der Waals surface area contributed by atoms with Crippen molar-refractivity contribution in [1.82, 2.24) is 5.32 Å². The van der Waals surface area contributed by atoms with E-state index in [0.717, 1.165) is 31.7 Å². The molecule has 0 amide bonds. The fourth-order valence-corrected chi connectivity index (χ4v) is 3.04. The lowest BCUT2D eigenvalue weighted by atomic mass is 10.1. The maximum absolute atomic E-state index is 6.15. The lowest BCUT2D eigenvalue weighted by molar-refractivity contribution is 0.570. The van der Waals surface area contributed by atoms with Crippen LogP contribution in [0.3, 0.4) is 0 Å². The minimum absolute atomic E-state index is 0.336. The van der Waals surface area contributed by atoms with E-state index in [1.807, 2.05) is 18.2 Å². The minimum Gasteiger partial charge on any atom is -0.370 e. The van der Waals surface area contributed by atoms with Crippen molar-refractivity contribution in [2.24, 2.45) is 0 Å². The second kappa shape index (κ2) is 6.69. The van der Waals surface area contributed by atoms with Gasteiger partial charge in [-0.1, -0.05) is 53.5 Å². The van der Waals surface area contributed by atoms with Crippen molar-refractivity contribution >= 4 is 28.9 Å². The highest BCUT2D eigenvalue weighted by Gasteiger charge is 2.19. The molecule has 1 unspecified atom stereocenters. The van der Waals surface area contributed by atoms with Crippen molar-refractivity contribution in [3.63, 3.8) is 0 Å². The molecule has 0 spiro atoms. The number of benzene rings is 2. The normalized spacial score (nSPS) is 19.3. The Morgan fingerprint density at radius 3 is 2.57 bits per heavy atom. The Hall–Kier alpha value is -1.22. The van der Waals surface area contributed by atoms with Crippen molar-refractivity contribution in [1.29, 1.82) is 0 Å². The van der Waals surface area contributed by atoms with Crippen LogP contribution >= 0.6 is 23.2 Å². The third-order valence-electron chi connectivity index (χ3n) is 3.87. The van der Waals surface area contributed by atoms with Gasteiger partial charge < -0.3 is 10.2 Å². The van der Waals surface area contributed by atoms with E-state index in [0.29, 0.717) is 16.1 Å². The van der Waals surface area contributed by atoms with E-state index in [-0.39, 0.29) is 0 Å². The zero-order chi connectivity index (χ0) is 14.7. The number of nitrogens with zero attached hydrogens (tertiary/aromatic N) is 1. The summed E-state index contributed by atoms with van der Waals surface area (Å²) in [5, 5.41) is 4.84. The molecule has 1 heterocycles. The Bertz CT molecular complexity index is 601. The molecular weight excluding hydrogens is 303 g/mol. The molecule has 3 rings (SSSR count). The molecule has 21 heavy (non-hydrogen) atoms. The van der Waals surface area contributed by atoms with Gasteiger partial charge in [0.15, 0.2) is 0 Å². The second-order valence-electron chi connectivity index (χ2n) is 5.32. The molecule has 4 heteroatoms. The Morgan fingerprint density at radius 1 is 1.00 bits per heavy atom. The van der Waals surface area contributed by atoms with Gasteiger partial charge in [0.05, 0.1) is 10.0 Å². The quantitative estimate of drug-likeness (QED) is 0.874. The summed E-state index contributed by atoms with van der Waals surface area (Å²) in [6.07, 6.45) is 1.11. The van der Waals surface area contributed by atoms with E-state index in [1.165, 1.54) is 5.56 Å². The summed E-state index contributed by atoms with van der Waals surface area (Å²) in [7, 11) is 0. The van der Waals surface area contributed by atoms with Gasteiger partial charge in [0.2, 0.25) is 0 Å². The Labute approximate surface area is 135 Å². The number of hydrogen-bond acceptors (Lipinski definition) is 2. The molecule has 0 radical (unpaired) electrons. The van der Waals surface area contributed by atoms with Crippen LogP contribution in [0.15, 0.2) is 48.5 Å². The van der Waals surface area contributed by atoms with Crippen LogP contribution < -0.4 is 10.2 Å². The van der Waals surface area contributed by atoms with Crippen molar-refractivity contribution in [2.75, 3.05) is 24.5 Å². The largest absolute Gasteiger partial charge is 0.370 e. The average Bonchev–Trinajstić information content (AvgIpc) is 2.77. The molecule has 0 saturated carbocycles. The molecule has 1 saturated heterocycles. The molecule has 110 valence electrons. The van der Waals surface area contributed by atoms with Crippen LogP contribution in [0.2, 0.25) is 10.0 Å². The highest BCUT2D eigenvalue weighted by molar-refractivity contribution is 6.42. The smallest absolute Gasteiger partial charge is 0.0612 e. The number of hydrogen-bond donors (Lipinski definition) is 1. The highest BCUT2D eigenvalue weighted by Crippen LogP contribution is 2.29. The summed E-state index contributed by atoms with van der Waals surface area (Å²) in [5.41, 5.74) is 2.46. The van der Waals surface area contributed by atoms with Crippen LogP contribution in [0, 0.1) is 0 Å². The predicted molar refractivity (Wildman–Crippen MR) is 90.5 cm³/mol. The lowest BCUT2D eigenvalue weighted by Crippen LogP contribution is -2.31. The van der Waals surface area contributed by atoms with Crippen LogP contribution in [-0.2, 0) is 0 Å². The van der Waals surface area contributed by atoms with Crippen LogP contribution in [0.1, 0.15) is 18.0 Å². The first kappa shape index (κ1) is 14.7. The summed E-state index contributed by atoms with van der Waals surface area (Å²) >= 11 is 12.2. The standard InChI is InChI=1S/C17H18Cl2N2/c18-15-8-7-14(11-16(15)19)21-10-4-9-20-17(12-21)13-5-2-1-3-6-13/h1-3,5-8,11,17,20H,4,9-10,12H2. The minimum atomic E-state index is 0.336. The summed E-state index contributed by atoms with van der Waals surface area (Å²) in [5.74, 6) is 0. The van der Waals surface area contributed by atoms with Gasteiger partial charge in [0.25, 0.3) is 0 Å². The van der Waals surface area contributed by atoms with Gasteiger partial charge in [-0.3, -0.25) is 0 Å². The van der Waals surface area contributed by atoms with Gasteiger partial charge in [-0.15, -0.1) is 0 Å². The van der Waals surface area contributed by atoms with E-state index in [4.69, 9.17) is 23.2 Å². The van der Waals surface area contributed by atoms with Gasteiger partial charge in [-0.2, -0.15) is 0 Å². The monoisotopic (exact) mass is 320 g/mol. The third kappa shape index (κ3) is 3.52. The zero-order valence-electron chi connectivity index (χ0n) is 11.7. The van der Waals surface area contributed by atoms with E-state index < -0.39 is 0 Å². The molecule has 2 aromatic rings. The van der Waals surface area contributed by atoms with Crippen molar-refractivity contribution in [2.45, 2.75) is 12.5 Å². The molecule has 0 aliphatic carbocycles. The highest BCUT2D eigenvalue weighted by atomic mass is 35.5. The molecule has 0 aromatic heterocycles. The fraction of sp³-hybridized carbons (Fsp3) is 0.294. The van der Waals surface area contributed by atoms with Gasteiger partial charge in [-0.05, 0) is 36.7 Å². The first-order valence-electron chi connectivity index (χ1n) is 7.22. The number of nitrogens with one attached hydrogen (secondary N) is 1. The van der Waals surface area contributed by atoms with Crippen molar-refractivity contribution in [3.05, 3.63) is 64.1 Å². The molecule has 1 aliphatic rings. The van der Waals surface area contributed by atoms with E-state index in [2.05, 4.69) is 40.5 Å². The van der Waals surface area contributed by atoms with E-state index in [9.17, 15) is 0 Å². The SMILES string of the molecule is Clc1ccc(N2CCCNC(c3ccccc3)C2)cc1Cl. The maximum atomic E-state index is 6.15. The Balaban J connectivity index is 1.83. The van der Waals surface area contributed by atoms with Gasteiger partial charge in [0.1, 0.15) is 0 Å². The summed E-state index contributed by atoms with van der Waals surface area (Å²) in [6, 6.07) is 16.8. The summed E-state index contributed by atoms with van der Waals surface area (Å²) in [6.45, 7) is 2.98. The van der Waals surface area contributed by atoms with Gasteiger partial charge >= 0.3 is 0 Å². The molecule has 1 N–H and O–H groups in total. The third-order valence-corrected chi connectivity index (χ3v) is 4.61. The molecule has 0 bridgehead atoms. The molecule has 1 fully saturated rings. The van der Waals surface area contributed by atoms with Gasteiger partial charge in [-0.25, -0.2) is 0 Å². The first-order chi connectivity index (χ1) is 10.2. The van der Waals surface area contributed by atoms with E-state index >= 15 is 0 Å². The predicted octanol–water partition coefficient (Wildman–Crippen LogP) is 4.53. The molecular formula is C17H18Cl2N2. The zero-order valence-corrected chi connectivity index (χ0v) is 13.2. The average molecular weight is 321 g/mol. The summed E-state index contributed by atoms with van der Waals surface area (Å²) < 4.78 is 0. The molecule has 2 nitrogen and oxygen atoms in total. The van der Waals surface area contributed by atoms with E-state index in [1.54, 1.807) is 0 Å². The number of halogens is 2. The summed E-state index contributed by atoms with van der Waals surface area (Å²) in [4.78, 5) is 2.37. The molecule has 1 atom stereocenters. The first-order valence-corrected chi connectivity index (χ1v) is 7.98. The maximum Gasteiger partial charge on any atom is 0.0612 e.